The average molecular weight is 432 g/mol. The van der Waals surface area contributed by atoms with Crippen LogP contribution in [0.25, 0.3) is 0 Å². The molecule has 0 spiro atoms. The SMILES string of the molecule is CC1=CC(C2CCC(C)(N3CC[C@H](C)C3)CC2)=CC(=O)C1c1cccc(Cl)c1Cl. The van der Waals surface area contributed by atoms with Crippen LogP contribution in [-0.4, -0.2) is 29.3 Å². The standard InChI is InChI=1S/C25H31Cl2NO/c1-16-9-12-28(15-16)25(3)10-7-18(8-11-25)19-13-17(2)23(22(29)14-19)20-5-4-6-21(26)24(20)27/h4-6,13-14,16,18,23H,7-12,15H2,1-3H3/t16-,18?,23?,25?/m0/s1. The van der Waals surface area contributed by atoms with E-state index in [4.69, 9.17) is 23.2 Å². The van der Waals surface area contributed by atoms with Gasteiger partial charge in [-0.2, -0.15) is 0 Å². The van der Waals surface area contributed by atoms with Crippen LogP contribution in [-0.2, 0) is 4.79 Å². The fourth-order valence-corrected chi connectivity index (χ4v) is 5.97. The number of rotatable bonds is 3. The number of nitrogens with zero attached hydrogens (tertiary/aromatic N) is 1. The molecule has 4 rings (SSSR count). The summed E-state index contributed by atoms with van der Waals surface area (Å²) >= 11 is 12.6. The zero-order valence-electron chi connectivity index (χ0n) is 17.7. The molecule has 1 heterocycles. The Kier molecular flexibility index (Phi) is 5.99. The molecule has 2 atom stereocenters. The zero-order chi connectivity index (χ0) is 20.8. The van der Waals surface area contributed by atoms with Crippen LogP contribution < -0.4 is 0 Å². The maximum absolute atomic E-state index is 13.1. The Balaban J connectivity index is 1.48. The smallest absolute Gasteiger partial charge is 0.167 e. The Labute approximate surface area is 184 Å². The molecule has 3 aliphatic rings. The maximum Gasteiger partial charge on any atom is 0.167 e. The zero-order valence-corrected chi connectivity index (χ0v) is 19.2. The second-order valence-electron chi connectivity index (χ2n) is 9.62. The third-order valence-corrected chi connectivity index (χ3v) is 8.29. The van der Waals surface area contributed by atoms with E-state index in [1.165, 1.54) is 37.9 Å². The number of carbonyl (C=O) groups is 1. The minimum absolute atomic E-state index is 0.130. The lowest BCUT2D eigenvalue weighted by Gasteiger charge is -2.45. The summed E-state index contributed by atoms with van der Waals surface area (Å²) in [5.74, 6) is 1.12. The predicted octanol–water partition coefficient (Wildman–Crippen LogP) is 6.82. The molecule has 0 aromatic heterocycles. The van der Waals surface area contributed by atoms with Gasteiger partial charge in [-0.15, -0.1) is 0 Å². The first-order valence-electron chi connectivity index (χ1n) is 10.9. The maximum atomic E-state index is 13.1. The van der Waals surface area contributed by atoms with Gasteiger partial charge >= 0.3 is 0 Å². The van der Waals surface area contributed by atoms with Gasteiger partial charge < -0.3 is 0 Å². The second kappa shape index (κ2) is 8.21. The van der Waals surface area contributed by atoms with Gasteiger partial charge in [-0.05, 0) is 87.6 Å². The molecule has 2 fully saturated rings. The number of carbonyl (C=O) groups excluding carboxylic acids is 1. The molecule has 1 aliphatic heterocycles. The van der Waals surface area contributed by atoms with E-state index in [1.807, 2.05) is 25.1 Å². The Morgan fingerprint density at radius 2 is 1.83 bits per heavy atom. The Bertz CT molecular complexity index is 864. The molecule has 0 N–H and O–H groups in total. The minimum atomic E-state index is -0.315. The second-order valence-corrected chi connectivity index (χ2v) is 10.4. The molecule has 1 aromatic rings. The number of benzene rings is 1. The van der Waals surface area contributed by atoms with E-state index in [0.717, 1.165) is 29.9 Å². The first-order valence-corrected chi connectivity index (χ1v) is 11.7. The van der Waals surface area contributed by atoms with Crippen molar-refractivity contribution in [2.75, 3.05) is 13.1 Å². The van der Waals surface area contributed by atoms with Gasteiger partial charge in [-0.25, -0.2) is 0 Å². The number of ketones is 1. The monoisotopic (exact) mass is 431 g/mol. The van der Waals surface area contributed by atoms with Crippen molar-refractivity contribution in [2.24, 2.45) is 11.8 Å². The number of halogens is 2. The lowest BCUT2D eigenvalue weighted by atomic mass is 9.71. The average Bonchev–Trinajstić information content (AvgIpc) is 3.12. The van der Waals surface area contributed by atoms with E-state index in [9.17, 15) is 4.79 Å². The molecule has 0 radical (unpaired) electrons. The quantitative estimate of drug-likeness (QED) is 0.522. The number of hydrogen-bond acceptors (Lipinski definition) is 2. The summed E-state index contributed by atoms with van der Waals surface area (Å²) in [4.78, 5) is 15.8. The summed E-state index contributed by atoms with van der Waals surface area (Å²) in [5.41, 5.74) is 3.42. The van der Waals surface area contributed by atoms with Crippen molar-refractivity contribution in [1.29, 1.82) is 0 Å². The van der Waals surface area contributed by atoms with Crippen molar-refractivity contribution < 1.29 is 4.79 Å². The van der Waals surface area contributed by atoms with Crippen LogP contribution in [0.3, 0.4) is 0 Å². The summed E-state index contributed by atoms with van der Waals surface area (Å²) in [6.45, 7) is 9.34. The van der Waals surface area contributed by atoms with Gasteiger partial charge in [0.15, 0.2) is 5.78 Å². The van der Waals surface area contributed by atoms with Crippen molar-refractivity contribution in [3.63, 3.8) is 0 Å². The highest BCUT2D eigenvalue weighted by Crippen LogP contribution is 2.44. The molecule has 1 saturated heterocycles. The number of hydrogen-bond donors (Lipinski definition) is 0. The van der Waals surface area contributed by atoms with Gasteiger partial charge in [-0.3, -0.25) is 9.69 Å². The summed E-state index contributed by atoms with van der Waals surface area (Å²) in [6.07, 6.45) is 10.2. The summed E-state index contributed by atoms with van der Waals surface area (Å²) < 4.78 is 0. The summed E-state index contributed by atoms with van der Waals surface area (Å²) in [7, 11) is 0. The van der Waals surface area contributed by atoms with E-state index in [2.05, 4.69) is 24.8 Å². The minimum Gasteiger partial charge on any atom is -0.298 e. The van der Waals surface area contributed by atoms with Crippen molar-refractivity contribution in [3.8, 4) is 0 Å². The molecular weight excluding hydrogens is 401 g/mol. The molecule has 0 bridgehead atoms. The number of likely N-dealkylation sites (tertiary alicyclic amines) is 1. The van der Waals surface area contributed by atoms with E-state index in [1.54, 1.807) is 6.07 Å². The van der Waals surface area contributed by atoms with Crippen molar-refractivity contribution in [2.45, 2.75) is 64.3 Å². The van der Waals surface area contributed by atoms with Crippen LogP contribution >= 0.6 is 23.2 Å². The Morgan fingerprint density at radius 1 is 1.10 bits per heavy atom. The topological polar surface area (TPSA) is 20.3 Å². The van der Waals surface area contributed by atoms with Gasteiger partial charge in [0.1, 0.15) is 0 Å². The van der Waals surface area contributed by atoms with Crippen LogP contribution in [0.5, 0.6) is 0 Å². The fourth-order valence-electron chi connectivity index (χ4n) is 5.55. The molecule has 29 heavy (non-hydrogen) atoms. The van der Waals surface area contributed by atoms with E-state index < -0.39 is 0 Å². The first-order chi connectivity index (χ1) is 13.8. The largest absolute Gasteiger partial charge is 0.298 e. The molecule has 1 saturated carbocycles. The van der Waals surface area contributed by atoms with Gasteiger partial charge in [0.25, 0.3) is 0 Å². The molecule has 0 amide bonds. The summed E-state index contributed by atoms with van der Waals surface area (Å²) in [6, 6.07) is 5.54. The highest BCUT2D eigenvalue weighted by Gasteiger charge is 2.40. The normalized spacial score (nSPS) is 33.6. The molecule has 1 unspecified atom stereocenters. The van der Waals surface area contributed by atoms with E-state index in [0.29, 0.717) is 21.5 Å². The van der Waals surface area contributed by atoms with Crippen molar-refractivity contribution in [3.05, 3.63) is 57.1 Å². The van der Waals surface area contributed by atoms with Gasteiger partial charge in [-0.1, -0.05) is 53.9 Å². The van der Waals surface area contributed by atoms with Gasteiger partial charge in [0.2, 0.25) is 0 Å². The first kappa shape index (κ1) is 21.2. The highest BCUT2D eigenvalue weighted by molar-refractivity contribution is 6.42. The third-order valence-electron chi connectivity index (χ3n) is 7.46. The van der Waals surface area contributed by atoms with E-state index >= 15 is 0 Å². The predicted molar refractivity (Wildman–Crippen MR) is 122 cm³/mol. The molecule has 2 aliphatic carbocycles. The van der Waals surface area contributed by atoms with Crippen LogP contribution in [0, 0.1) is 11.8 Å². The molecule has 1 aromatic carbocycles. The fraction of sp³-hybridized carbons (Fsp3) is 0.560. The van der Waals surface area contributed by atoms with E-state index in [-0.39, 0.29) is 11.7 Å². The highest BCUT2D eigenvalue weighted by atomic mass is 35.5. The van der Waals surface area contributed by atoms with Crippen LogP contribution in [0.2, 0.25) is 10.0 Å². The number of allylic oxidation sites excluding steroid dienone is 4. The lowest BCUT2D eigenvalue weighted by Crippen LogP contribution is -2.47. The van der Waals surface area contributed by atoms with Gasteiger partial charge in [0, 0.05) is 12.1 Å². The third kappa shape index (κ3) is 4.09. The van der Waals surface area contributed by atoms with Crippen molar-refractivity contribution >= 4 is 29.0 Å². The van der Waals surface area contributed by atoms with Crippen LogP contribution in [0.4, 0.5) is 0 Å². The van der Waals surface area contributed by atoms with Crippen molar-refractivity contribution in [1.82, 2.24) is 4.90 Å². The Hall–Kier alpha value is -1.09. The molecular formula is C25H31Cl2NO. The molecule has 156 valence electrons. The molecule has 4 heteroatoms. The molecule has 2 nitrogen and oxygen atoms in total. The Morgan fingerprint density at radius 3 is 2.45 bits per heavy atom. The summed E-state index contributed by atoms with van der Waals surface area (Å²) in [5, 5.41) is 0.993. The van der Waals surface area contributed by atoms with Crippen LogP contribution in [0.1, 0.15) is 64.4 Å². The van der Waals surface area contributed by atoms with Crippen LogP contribution in [0.15, 0.2) is 41.5 Å². The lowest BCUT2D eigenvalue weighted by molar-refractivity contribution is -0.115. The van der Waals surface area contributed by atoms with Gasteiger partial charge in [0.05, 0.1) is 16.0 Å².